The maximum Gasteiger partial charge on any atom is 0.238 e. The van der Waals surface area contributed by atoms with E-state index in [9.17, 15) is 4.79 Å². The van der Waals surface area contributed by atoms with Gasteiger partial charge in [-0.2, -0.15) is 0 Å². The van der Waals surface area contributed by atoms with Crippen molar-refractivity contribution < 1.29 is 9.53 Å². The predicted molar refractivity (Wildman–Crippen MR) is 124 cm³/mol. The second-order valence-electron chi connectivity index (χ2n) is 10.3. The molecule has 4 aliphatic carbocycles. The standard InChI is InChI=1S/C26H29N5O2/c1-16-17(2)31(15-27-16)23-7-8-24(30-29-23)33-22-5-3-21(4-6-22)28-25(32)26-12-18-9-19(13-26)11-20(10-18)14-26/h3-8,15,18-20H,9-14H2,1-2H3,(H,28,32). The fourth-order valence-electron chi connectivity index (χ4n) is 6.61. The Kier molecular flexibility index (Phi) is 4.75. The molecule has 0 unspecified atom stereocenters. The van der Waals surface area contributed by atoms with Crippen LogP contribution in [-0.4, -0.2) is 25.7 Å². The Labute approximate surface area is 193 Å². The Hall–Kier alpha value is -3.22. The lowest BCUT2D eigenvalue weighted by atomic mass is 9.49. The van der Waals surface area contributed by atoms with E-state index in [1.165, 1.54) is 19.3 Å². The molecule has 0 spiro atoms. The van der Waals surface area contributed by atoms with E-state index in [0.717, 1.165) is 54.1 Å². The fraction of sp³-hybridized carbons (Fsp3) is 0.462. The van der Waals surface area contributed by atoms with Crippen molar-refractivity contribution in [3.63, 3.8) is 0 Å². The summed E-state index contributed by atoms with van der Waals surface area (Å²) in [7, 11) is 0. The maximum atomic E-state index is 13.2. The molecule has 3 aromatic rings. The highest BCUT2D eigenvalue weighted by Gasteiger charge is 2.54. The number of aryl methyl sites for hydroxylation is 1. The zero-order valence-electron chi connectivity index (χ0n) is 19.1. The minimum atomic E-state index is -0.145. The third-order valence-corrected chi connectivity index (χ3v) is 7.98. The third-order valence-electron chi connectivity index (χ3n) is 7.98. The Balaban J connectivity index is 1.10. The van der Waals surface area contributed by atoms with Gasteiger partial charge in [0, 0.05) is 17.4 Å². The van der Waals surface area contributed by atoms with E-state index in [1.807, 2.05) is 48.7 Å². The number of carbonyl (C=O) groups is 1. The largest absolute Gasteiger partial charge is 0.438 e. The van der Waals surface area contributed by atoms with Gasteiger partial charge >= 0.3 is 0 Å². The van der Waals surface area contributed by atoms with Crippen LogP contribution in [-0.2, 0) is 4.79 Å². The molecule has 7 nitrogen and oxygen atoms in total. The Morgan fingerprint density at radius 3 is 2.18 bits per heavy atom. The van der Waals surface area contributed by atoms with Crippen LogP contribution >= 0.6 is 0 Å². The summed E-state index contributed by atoms with van der Waals surface area (Å²) >= 11 is 0. The molecule has 4 aliphatic rings. The molecule has 7 heteroatoms. The zero-order valence-corrected chi connectivity index (χ0v) is 19.1. The molecule has 0 saturated heterocycles. The van der Waals surface area contributed by atoms with E-state index in [1.54, 1.807) is 12.4 Å². The Bertz CT molecular complexity index is 1150. The van der Waals surface area contributed by atoms with Crippen molar-refractivity contribution in [3.05, 3.63) is 54.1 Å². The predicted octanol–water partition coefficient (Wildman–Crippen LogP) is 5.23. The number of nitrogens with one attached hydrogen (secondary N) is 1. The summed E-state index contributed by atoms with van der Waals surface area (Å²) in [5.74, 6) is 4.24. The number of benzene rings is 1. The summed E-state index contributed by atoms with van der Waals surface area (Å²) in [6.45, 7) is 3.96. The van der Waals surface area contributed by atoms with Gasteiger partial charge < -0.3 is 10.1 Å². The molecule has 2 aromatic heterocycles. The smallest absolute Gasteiger partial charge is 0.238 e. The molecule has 2 heterocycles. The number of imidazole rings is 1. The zero-order chi connectivity index (χ0) is 22.6. The van der Waals surface area contributed by atoms with Crippen LogP contribution in [0.1, 0.15) is 49.9 Å². The minimum absolute atomic E-state index is 0.145. The normalized spacial score (nSPS) is 27.5. The summed E-state index contributed by atoms with van der Waals surface area (Å²) in [4.78, 5) is 17.5. The van der Waals surface area contributed by atoms with Gasteiger partial charge in [-0.05, 0) is 100 Å². The van der Waals surface area contributed by atoms with E-state index in [0.29, 0.717) is 17.4 Å². The van der Waals surface area contributed by atoms with Crippen LogP contribution < -0.4 is 10.1 Å². The highest BCUT2D eigenvalue weighted by atomic mass is 16.5. The van der Waals surface area contributed by atoms with Gasteiger partial charge in [0.05, 0.1) is 11.1 Å². The summed E-state index contributed by atoms with van der Waals surface area (Å²) in [5.41, 5.74) is 2.67. The van der Waals surface area contributed by atoms with Gasteiger partial charge in [0.2, 0.25) is 11.8 Å². The van der Waals surface area contributed by atoms with Gasteiger partial charge in [-0.3, -0.25) is 9.36 Å². The van der Waals surface area contributed by atoms with E-state index in [4.69, 9.17) is 4.74 Å². The Morgan fingerprint density at radius 2 is 1.64 bits per heavy atom. The molecule has 4 saturated carbocycles. The van der Waals surface area contributed by atoms with Crippen molar-refractivity contribution >= 4 is 11.6 Å². The minimum Gasteiger partial charge on any atom is -0.438 e. The first-order valence-corrected chi connectivity index (χ1v) is 11.9. The molecule has 4 fully saturated rings. The molecule has 0 atom stereocenters. The molecule has 0 aliphatic heterocycles. The number of rotatable bonds is 5. The molecule has 33 heavy (non-hydrogen) atoms. The lowest BCUT2D eigenvalue weighted by Crippen LogP contribution is -2.51. The van der Waals surface area contributed by atoms with Crippen LogP contribution in [0, 0.1) is 37.0 Å². The number of carbonyl (C=O) groups excluding carboxylic acids is 1. The van der Waals surface area contributed by atoms with Crippen molar-refractivity contribution in [2.24, 2.45) is 23.2 Å². The number of nitrogens with zero attached hydrogens (tertiary/aromatic N) is 4. The highest BCUT2D eigenvalue weighted by molar-refractivity contribution is 5.95. The first-order valence-electron chi connectivity index (χ1n) is 11.9. The molecule has 1 aromatic carbocycles. The number of hydrogen-bond donors (Lipinski definition) is 1. The van der Waals surface area contributed by atoms with Crippen LogP contribution in [0.2, 0.25) is 0 Å². The first-order chi connectivity index (χ1) is 16.0. The second-order valence-corrected chi connectivity index (χ2v) is 10.3. The molecule has 0 radical (unpaired) electrons. The second kappa shape index (κ2) is 7.68. The molecular formula is C26H29N5O2. The number of hydrogen-bond acceptors (Lipinski definition) is 5. The molecular weight excluding hydrogens is 414 g/mol. The van der Waals surface area contributed by atoms with Crippen LogP contribution in [0.5, 0.6) is 11.6 Å². The van der Waals surface area contributed by atoms with Crippen LogP contribution in [0.4, 0.5) is 5.69 Å². The van der Waals surface area contributed by atoms with Crippen molar-refractivity contribution in [3.8, 4) is 17.4 Å². The fourth-order valence-corrected chi connectivity index (χ4v) is 6.61. The van der Waals surface area contributed by atoms with Crippen molar-refractivity contribution in [2.75, 3.05) is 5.32 Å². The van der Waals surface area contributed by atoms with Gasteiger partial charge in [-0.25, -0.2) is 4.98 Å². The van der Waals surface area contributed by atoms with Crippen LogP contribution in [0.15, 0.2) is 42.7 Å². The van der Waals surface area contributed by atoms with E-state index in [2.05, 4.69) is 20.5 Å². The topological polar surface area (TPSA) is 81.9 Å². The molecule has 170 valence electrons. The third kappa shape index (κ3) is 3.69. The SMILES string of the molecule is Cc1ncn(-c2ccc(Oc3ccc(NC(=O)C45CC6CC(CC(C6)C4)C5)cc3)nn2)c1C. The lowest BCUT2D eigenvalue weighted by molar-refractivity contribution is -0.140. The van der Waals surface area contributed by atoms with Gasteiger partial charge in [0.25, 0.3) is 0 Å². The lowest BCUT2D eigenvalue weighted by Gasteiger charge is -2.55. The van der Waals surface area contributed by atoms with Gasteiger partial charge in [0.1, 0.15) is 12.1 Å². The van der Waals surface area contributed by atoms with E-state index < -0.39 is 0 Å². The van der Waals surface area contributed by atoms with Gasteiger partial charge in [-0.1, -0.05) is 0 Å². The first kappa shape index (κ1) is 20.4. The van der Waals surface area contributed by atoms with Crippen molar-refractivity contribution in [2.45, 2.75) is 52.4 Å². The van der Waals surface area contributed by atoms with Crippen LogP contribution in [0.3, 0.4) is 0 Å². The average Bonchev–Trinajstić information content (AvgIpc) is 3.13. The Morgan fingerprint density at radius 1 is 0.970 bits per heavy atom. The van der Waals surface area contributed by atoms with E-state index >= 15 is 0 Å². The van der Waals surface area contributed by atoms with E-state index in [-0.39, 0.29) is 11.3 Å². The van der Waals surface area contributed by atoms with Crippen molar-refractivity contribution in [1.29, 1.82) is 0 Å². The summed E-state index contributed by atoms with van der Waals surface area (Å²) in [6.07, 6.45) is 8.96. The highest BCUT2D eigenvalue weighted by Crippen LogP contribution is 2.60. The van der Waals surface area contributed by atoms with Crippen molar-refractivity contribution in [1.82, 2.24) is 19.7 Å². The quantitative estimate of drug-likeness (QED) is 0.584. The number of aromatic nitrogens is 4. The van der Waals surface area contributed by atoms with Crippen LogP contribution in [0.25, 0.3) is 5.82 Å². The summed E-state index contributed by atoms with van der Waals surface area (Å²) in [5, 5.41) is 11.6. The van der Waals surface area contributed by atoms with Gasteiger partial charge in [0.15, 0.2) is 5.82 Å². The molecule has 1 N–H and O–H groups in total. The number of ether oxygens (including phenoxy) is 1. The average molecular weight is 444 g/mol. The number of amides is 1. The monoisotopic (exact) mass is 443 g/mol. The molecule has 7 rings (SSSR count). The molecule has 4 bridgehead atoms. The maximum absolute atomic E-state index is 13.2. The summed E-state index contributed by atoms with van der Waals surface area (Å²) in [6, 6.07) is 11.2. The van der Waals surface area contributed by atoms with Gasteiger partial charge in [-0.15, -0.1) is 10.2 Å². The number of anilines is 1. The molecule has 1 amide bonds. The summed E-state index contributed by atoms with van der Waals surface area (Å²) < 4.78 is 7.75.